The number of carboxylic acid groups (broad SMARTS) is 2. The van der Waals surface area contributed by atoms with Crippen LogP contribution in [0.4, 0.5) is 0 Å². The molecule has 6 nitrogen and oxygen atoms in total. The summed E-state index contributed by atoms with van der Waals surface area (Å²) in [7, 11) is 0. The van der Waals surface area contributed by atoms with Crippen molar-refractivity contribution in [1.29, 1.82) is 0 Å². The van der Waals surface area contributed by atoms with Gasteiger partial charge in [-0.15, -0.1) is 0 Å². The Balaban J connectivity index is 2.59. The van der Waals surface area contributed by atoms with Crippen LogP contribution in [0.15, 0.2) is 41.3 Å². The highest BCUT2D eigenvalue weighted by Crippen LogP contribution is 2.15. The summed E-state index contributed by atoms with van der Waals surface area (Å²) < 4.78 is 0. The second-order valence-corrected chi connectivity index (χ2v) is 4.17. The van der Waals surface area contributed by atoms with E-state index in [0.29, 0.717) is 0 Å². The molecular weight excluding hydrogens is 262 g/mol. The number of aromatic amines is 1. The minimum absolute atomic E-state index is 0.222. The normalized spacial score (nSPS) is 10.2. The van der Waals surface area contributed by atoms with Gasteiger partial charge in [-0.25, -0.2) is 9.59 Å². The molecule has 102 valence electrons. The molecule has 2 aromatic rings. The van der Waals surface area contributed by atoms with E-state index in [1.807, 2.05) is 6.07 Å². The molecule has 1 aromatic carbocycles. The van der Waals surface area contributed by atoms with Gasteiger partial charge < -0.3 is 15.2 Å². The molecule has 0 fully saturated rings. The summed E-state index contributed by atoms with van der Waals surface area (Å²) in [5, 5.41) is 18.2. The van der Waals surface area contributed by atoms with E-state index in [-0.39, 0.29) is 12.0 Å². The first-order chi connectivity index (χ1) is 9.50. The molecule has 0 aliphatic rings. The van der Waals surface area contributed by atoms with E-state index >= 15 is 0 Å². The maximum Gasteiger partial charge on any atom is 0.342 e. The predicted octanol–water partition coefficient (Wildman–Crippen LogP) is 1.36. The highest BCUT2D eigenvalue weighted by atomic mass is 16.4. The lowest BCUT2D eigenvalue weighted by Gasteiger charge is -2.08. The third-order valence-electron chi connectivity index (χ3n) is 2.84. The molecule has 0 bridgehead atoms. The van der Waals surface area contributed by atoms with Crippen molar-refractivity contribution < 1.29 is 19.8 Å². The van der Waals surface area contributed by atoms with Crippen molar-refractivity contribution in [3.8, 4) is 0 Å². The number of aromatic nitrogens is 1. The van der Waals surface area contributed by atoms with Gasteiger partial charge in [-0.3, -0.25) is 4.79 Å². The lowest BCUT2D eigenvalue weighted by molar-refractivity contribution is 0.0648. The first-order valence-corrected chi connectivity index (χ1v) is 5.75. The molecule has 3 N–H and O–H groups in total. The molecule has 2 rings (SSSR count). The van der Waals surface area contributed by atoms with E-state index in [1.165, 1.54) is 6.20 Å². The molecule has 1 aromatic heterocycles. The predicted molar refractivity (Wildman–Crippen MR) is 70.2 cm³/mol. The van der Waals surface area contributed by atoms with E-state index in [0.717, 1.165) is 5.56 Å². The lowest BCUT2D eigenvalue weighted by atomic mass is 9.98. The van der Waals surface area contributed by atoms with Gasteiger partial charge in [0.15, 0.2) is 0 Å². The van der Waals surface area contributed by atoms with E-state index in [4.69, 9.17) is 5.11 Å². The SMILES string of the molecule is O=C(O)c1c(Cc2ccccc2)c[nH]c(=O)c1C(=O)O. The van der Waals surface area contributed by atoms with Gasteiger partial charge in [0.1, 0.15) is 5.56 Å². The van der Waals surface area contributed by atoms with Crippen molar-refractivity contribution in [2.45, 2.75) is 6.42 Å². The molecule has 1 heterocycles. The number of hydrogen-bond acceptors (Lipinski definition) is 3. The van der Waals surface area contributed by atoms with Crippen LogP contribution in [0.5, 0.6) is 0 Å². The Bertz CT molecular complexity index is 718. The Morgan fingerprint density at radius 2 is 1.60 bits per heavy atom. The first kappa shape index (κ1) is 13.5. The minimum atomic E-state index is -1.56. The van der Waals surface area contributed by atoms with Crippen LogP contribution in [0.1, 0.15) is 31.8 Å². The fourth-order valence-electron chi connectivity index (χ4n) is 1.97. The van der Waals surface area contributed by atoms with Crippen LogP contribution in [0.2, 0.25) is 0 Å². The molecule has 0 saturated carbocycles. The Morgan fingerprint density at radius 3 is 2.15 bits per heavy atom. The highest BCUT2D eigenvalue weighted by Gasteiger charge is 2.23. The standard InChI is InChI=1S/C14H11NO5/c16-12-11(14(19)20)10(13(17)18)9(7-15-12)6-8-4-2-1-3-5-8/h1-5,7H,6H2,(H,15,16)(H,17,18)(H,19,20). The summed E-state index contributed by atoms with van der Waals surface area (Å²) in [6.45, 7) is 0. The summed E-state index contributed by atoms with van der Waals surface area (Å²) >= 11 is 0. The van der Waals surface area contributed by atoms with Gasteiger partial charge >= 0.3 is 11.9 Å². The first-order valence-electron chi connectivity index (χ1n) is 5.75. The van der Waals surface area contributed by atoms with E-state index in [1.54, 1.807) is 24.3 Å². The van der Waals surface area contributed by atoms with Crippen molar-refractivity contribution in [2.75, 3.05) is 0 Å². The highest BCUT2D eigenvalue weighted by molar-refractivity contribution is 6.02. The molecule has 0 amide bonds. The Morgan fingerprint density at radius 1 is 1.00 bits per heavy atom. The third kappa shape index (κ3) is 2.59. The molecular formula is C14H11NO5. The topological polar surface area (TPSA) is 107 Å². The summed E-state index contributed by atoms with van der Waals surface area (Å²) in [6, 6.07) is 8.98. The fourth-order valence-corrected chi connectivity index (χ4v) is 1.97. The van der Waals surface area contributed by atoms with Crippen LogP contribution in [0.3, 0.4) is 0 Å². The van der Waals surface area contributed by atoms with E-state index in [2.05, 4.69) is 4.98 Å². The van der Waals surface area contributed by atoms with Gasteiger partial charge in [0, 0.05) is 6.20 Å². The summed E-state index contributed by atoms with van der Waals surface area (Å²) in [5.74, 6) is -2.99. The summed E-state index contributed by atoms with van der Waals surface area (Å²) in [6.07, 6.45) is 1.46. The molecule has 0 atom stereocenters. The quantitative estimate of drug-likeness (QED) is 0.779. The van der Waals surface area contributed by atoms with Crippen molar-refractivity contribution >= 4 is 11.9 Å². The summed E-state index contributed by atoms with van der Waals surface area (Å²) in [4.78, 5) is 36.1. The molecule has 0 unspecified atom stereocenters. The second-order valence-electron chi connectivity index (χ2n) is 4.17. The van der Waals surface area contributed by atoms with Crippen LogP contribution in [0, 0.1) is 0 Å². The maximum absolute atomic E-state index is 11.5. The van der Waals surface area contributed by atoms with Gasteiger partial charge in [-0.1, -0.05) is 30.3 Å². The number of benzene rings is 1. The number of carbonyl (C=O) groups is 2. The zero-order valence-corrected chi connectivity index (χ0v) is 10.3. The van der Waals surface area contributed by atoms with Gasteiger partial charge in [0.2, 0.25) is 0 Å². The molecule has 0 aliphatic heterocycles. The van der Waals surface area contributed by atoms with Crippen LogP contribution in [0.25, 0.3) is 0 Å². The molecule has 0 radical (unpaired) electrons. The Hall–Kier alpha value is -2.89. The smallest absolute Gasteiger partial charge is 0.342 e. The van der Waals surface area contributed by atoms with Crippen molar-refractivity contribution in [2.24, 2.45) is 0 Å². The molecule has 0 spiro atoms. The average Bonchev–Trinajstić information content (AvgIpc) is 2.41. The van der Waals surface area contributed by atoms with Gasteiger partial charge in [0.05, 0.1) is 5.56 Å². The van der Waals surface area contributed by atoms with E-state index in [9.17, 15) is 19.5 Å². The molecule has 6 heteroatoms. The third-order valence-corrected chi connectivity index (χ3v) is 2.84. The van der Waals surface area contributed by atoms with Crippen molar-refractivity contribution in [1.82, 2.24) is 4.98 Å². The number of pyridine rings is 1. The van der Waals surface area contributed by atoms with Gasteiger partial charge in [-0.05, 0) is 17.5 Å². The second kappa shape index (κ2) is 5.40. The zero-order valence-electron chi connectivity index (χ0n) is 10.3. The molecule has 20 heavy (non-hydrogen) atoms. The molecule has 0 aliphatic carbocycles. The molecule has 0 saturated heterocycles. The van der Waals surface area contributed by atoms with Crippen LogP contribution in [-0.4, -0.2) is 27.1 Å². The lowest BCUT2D eigenvalue weighted by Crippen LogP contribution is -2.24. The van der Waals surface area contributed by atoms with Crippen molar-refractivity contribution in [3.05, 3.63) is 69.1 Å². The van der Waals surface area contributed by atoms with Crippen LogP contribution < -0.4 is 5.56 Å². The largest absolute Gasteiger partial charge is 0.478 e. The number of rotatable bonds is 4. The number of H-pyrrole nitrogens is 1. The van der Waals surface area contributed by atoms with Gasteiger partial charge in [0.25, 0.3) is 5.56 Å². The number of hydrogen-bond donors (Lipinski definition) is 3. The summed E-state index contributed by atoms with van der Waals surface area (Å²) in [5.41, 5.74) is -1.07. The van der Waals surface area contributed by atoms with E-state index < -0.39 is 28.6 Å². The van der Waals surface area contributed by atoms with Crippen LogP contribution >= 0.6 is 0 Å². The minimum Gasteiger partial charge on any atom is -0.478 e. The number of nitrogens with one attached hydrogen (secondary N) is 1. The van der Waals surface area contributed by atoms with Crippen molar-refractivity contribution in [3.63, 3.8) is 0 Å². The van der Waals surface area contributed by atoms with Gasteiger partial charge in [-0.2, -0.15) is 0 Å². The Labute approximate surface area is 113 Å². The van der Waals surface area contributed by atoms with Crippen LogP contribution in [-0.2, 0) is 6.42 Å². The monoisotopic (exact) mass is 273 g/mol. The number of aromatic carboxylic acids is 2. The maximum atomic E-state index is 11.5. The zero-order chi connectivity index (χ0) is 14.7. The average molecular weight is 273 g/mol. The number of carboxylic acids is 2. The Kier molecular flexibility index (Phi) is 3.65. The fraction of sp³-hybridized carbons (Fsp3) is 0.0714.